The average molecular weight is 258 g/mol. The summed E-state index contributed by atoms with van der Waals surface area (Å²) in [7, 11) is 1.94. The Hall–Kier alpha value is -1.65. The zero-order chi connectivity index (χ0) is 14.0. The van der Waals surface area contributed by atoms with Crippen LogP contribution < -0.4 is 11.3 Å². The molecule has 0 bridgehead atoms. The smallest absolute Gasteiger partial charge is 0.0746 e. The van der Waals surface area contributed by atoms with E-state index in [4.69, 9.17) is 5.84 Å². The lowest BCUT2D eigenvalue weighted by Crippen LogP contribution is -2.30. The van der Waals surface area contributed by atoms with Gasteiger partial charge >= 0.3 is 0 Å². The summed E-state index contributed by atoms with van der Waals surface area (Å²) >= 11 is 0. The largest absolute Gasteiger partial charge is 0.275 e. The van der Waals surface area contributed by atoms with Crippen molar-refractivity contribution < 1.29 is 0 Å². The van der Waals surface area contributed by atoms with Crippen molar-refractivity contribution in [1.82, 2.24) is 15.2 Å². The van der Waals surface area contributed by atoms with Crippen LogP contribution in [0.15, 0.2) is 24.4 Å². The maximum absolute atomic E-state index is 5.80. The molecule has 102 valence electrons. The first-order valence-electron chi connectivity index (χ1n) is 6.63. The van der Waals surface area contributed by atoms with Crippen LogP contribution in [0.4, 0.5) is 0 Å². The standard InChI is InChI=1S/C15H22N4/c1-5-14-13(9-19(4)18-14)15(17-16)12-8-6-7-10(2)11(12)3/h6-9,15,17H,5,16H2,1-4H3. The normalized spacial score (nSPS) is 12.7. The van der Waals surface area contributed by atoms with Gasteiger partial charge in [-0.3, -0.25) is 10.5 Å². The van der Waals surface area contributed by atoms with Crippen LogP contribution in [0.5, 0.6) is 0 Å². The molecule has 1 atom stereocenters. The third-order valence-corrected chi connectivity index (χ3v) is 3.71. The fraction of sp³-hybridized carbons (Fsp3) is 0.400. The number of aryl methyl sites for hydroxylation is 3. The van der Waals surface area contributed by atoms with E-state index in [0.717, 1.165) is 17.7 Å². The minimum absolute atomic E-state index is 0.0106. The Kier molecular flexibility index (Phi) is 4.02. The van der Waals surface area contributed by atoms with E-state index in [1.807, 2.05) is 17.9 Å². The van der Waals surface area contributed by atoms with E-state index < -0.39 is 0 Å². The van der Waals surface area contributed by atoms with Gasteiger partial charge in [0.15, 0.2) is 0 Å². The van der Waals surface area contributed by atoms with Gasteiger partial charge in [-0.1, -0.05) is 25.1 Å². The Morgan fingerprint density at radius 3 is 2.68 bits per heavy atom. The quantitative estimate of drug-likeness (QED) is 0.652. The zero-order valence-electron chi connectivity index (χ0n) is 12.1. The molecular formula is C15H22N4. The molecule has 0 aliphatic rings. The van der Waals surface area contributed by atoms with Gasteiger partial charge in [0, 0.05) is 18.8 Å². The van der Waals surface area contributed by atoms with Gasteiger partial charge in [0.1, 0.15) is 0 Å². The summed E-state index contributed by atoms with van der Waals surface area (Å²) in [6, 6.07) is 6.31. The summed E-state index contributed by atoms with van der Waals surface area (Å²) in [5.41, 5.74) is 8.95. The lowest BCUT2D eigenvalue weighted by Gasteiger charge is -2.19. The number of hydrazine groups is 1. The minimum Gasteiger partial charge on any atom is -0.275 e. The summed E-state index contributed by atoms with van der Waals surface area (Å²) < 4.78 is 1.85. The molecule has 1 heterocycles. The molecule has 0 aliphatic heterocycles. The molecule has 0 fully saturated rings. The molecule has 2 aromatic rings. The van der Waals surface area contributed by atoms with Crippen LogP contribution >= 0.6 is 0 Å². The molecule has 0 saturated heterocycles. The summed E-state index contributed by atoms with van der Waals surface area (Å²) in [5, 5.41) is 4.50. The Morgan fingerprint density at radius 2 is 2.05 bits per heavy atom. The SMILES string of the molecule is CCc1nn(C)cc1C(NN)c1cccc(C)c1C. The van der Waals surface area contributed by atoms with Gasteiger partial charge in [-0.25, -0.2) is 5.43 Å². The summed E-state index contributed by atoms with van der Waals surface area (Å²) in [6.45, 7) is 6.37. The second-order valence-electron chi connectivity index (χ2n) is 4.95. The molecule has 19 heavy (non-hydrogen) atoms. The molecule has 0 aliphatic carbocycles. The first kappa shape index (κ1) is 13.8. The molecule has 2 rings (SSSR count). The number of hydrogen-bond donors (Lipinski definition) is 2. The van der Waals surface area contributed by atoms with Crippen molar-refractivity contribution in [2.45, 2.75) is 33.2 Å². The monoisotopic (exact) mass is 258 g/mol. The van der Waals surface area contributed by atoms with Crippen LogP contribution in [0.3, 0.4) is 0 Å². The highest BCUT2D eigenvalue weighted by Crippen LogP contribution is 2.27. The molecule has 1 aromatic heterocycles. The van der Waals surface area contributed by atoms with Gasteiger partial charge in [0.2, 0.25) is 0 Å². The second-order valence-corrected chi connectivity index (χ2v) is 4.95. The Labute approximate surface area is 114 Å². The predicted octanol–water partition coefficient (Wildman–Crippen LogP) is 2.15. The van der Waals surface area contributed by atoms with Gasteiger partial charge in [0.05, 0.1) is 11.7 Å². The van der Waals surface area contributed by atoms with Gasteiger partial charge in [-0.2, -0.15) is 5.10 Å². The number of rotatable bonds is 4. The van der Waals surface area contributed by atoms with Crippen LogP contribution in [-0.2, 0) is 13.5 Å². The Balaban J connectivity index is 2.53. The maximum atomic E-state index is 5.80. The van der Waals surface area contributed by atoms with E-state index in [0.29, 0.717) is 0 Å². The van der Waals surface area contributed by atoms with Crippen molar-refractivity contribution in [3.05, 3.63) is 52.3 Å². The molecule has 0 saturated carbocycles. The Bertz CT molecular complexity index is 572. The molecule has 1 aromatic carbocycles. The van der Waals surface area contributed by atoms with Crippen molar-refractivity contribution >= 4 is 0 Å². The third kappa shape index (κ3) is 2.55. The molecular weight excluding hydrogens is 236 g/mol. The summed E-state index contributed by atoms with van der Waals surface area (Å²) in [5.74, 6) is 5.80. The number of aromatic nitrogens is 2. The number of hydrogen-bond acceptors (Lipinski definition) is 3. The van der Waals surface area contributed by atoms with E-state index in [1.165, 1.54) is 16.7 Å². The fourth-order valence-electron chi connectivity index (χ4n) is 2.50. The van der Waals surface area contributed by atoms with Crippen LogP contribution in [-0.4, -0.2) is 9.78 Å². The van der Waals surface area contributed by atoms with Gasteiger partial charge in [-0.15, -0.1) is 0 Å². The van der Waals surface area contributed by atoms with E-state index in [2.05, 4.69) is 49.5 Å². The molecule has 1 unspecified atom stereocenters. The average Bonchev–Trinajstić information content (AvgIpc) is 2.76. The highest BCUT2D eigenvalue weighted by atomic mass is 15.3. The van der Waals surface area contributed by atoms with Crippen molar-refractivity contribution in [1.29, 1.82) is 0 Å². The van der Waals surface area contributed by atoms with Crippen LogP contribution in [0.25, 0.3) is 0 Å². The summed E-state index contributed by atoms with van der Waals surface area (Å²) in [4.78, 5) is 0. The highest BCUT2D eigenvalue weighted by molar-refractivity contribution is 5.41. The van der Waals surface area contributed by atoms with Gasteiger partial charge in [0.25, 0.3) is 0 Å². The van der Waals surface area contributed by atoms with Crippen molar-refractivity contribution in [3.8, 4) is 0 Å². The number of nitrogens with one attached hydrogen (secondary N) is 1. The van der Waals surface area contributed by atoms with E-state index in [9.17, 15) is 0 Å². The highest BCUT2D eigenvalue weighted by Gasteiger charge is 2.20. The Morgan fingerprint density at radius 1 is 1.32 bits per heavy atom. The van der Waals surface area contributed by atoms with Crippen molar-refractivity contribution in [2.75, 3.05) is 0 Å². The van der Waals surface area contributed by atoms with Crippen molar-refractivity contribution in [3.63, 3.8) is 0 Å². The number of nitrogens with two attached hydrogens (primary N) is 1. The van der Waals surface area contributed by atoms with E-state index in [1.54, 1.807) is 0 Å². The second kappa shape index (κ2) is 5.55. The van der Waals surface area contributed by atoms with Crippen LogP contribution in [0.2, 0.25) is 0 Å². The van der Waals surface area contributed by atoms with E-state index >= 15 is 0 Å². The first-order valence-corrected chi connectivity index (χ1v) is 6.63. The molecule has 0 spiro atoms. The number of nitrogens with zero attached hydrogens (tertiary/aromatic N) is 2. The molecule has 4 heteroatoms. The van der Waals surface area contributed by atoms with Gasteiger partial charge < -0.3 is 0 Å². The third-order valence-electron chi connectivity index (χ3n) is 3.71. The predicted molar refractivity (Wildman–Crippen MR) is 77.7 cm³/mol. The maximum Gasteiger partial charge on any atom is 0.0746 e. The first-order chi connectivity index (χ1) is 9.08. The number of benzene rings is 1. The molecule has 0 radical (unpaired) electrons. The minimum atomic E-state index is -0.0106. The lowest BCUT2D eigenvalue weighted by atomic mass is 9.93. The van der Waals surface area contributed by atoms with Crippen LogP contribution in [0.1, 0.15) is 40.9 Å². The topological polar surface area (TPSA) is 55.9 Å². The summed E-state index contributed by atoms with van der Waals surface area (Å²) in [6.07, 6.45) is 2.95. The van der Waals surface area contributed by atoms with Crippen molar-refractivity contribution in [2.24, 2.45) is 12.9 Å². The fourth-order valence-corrected chi connectivity index (χ4v) is 2.50. The lowest BCUT2D eigenvalue weighted by molar-refractivity contribution is 0.627. The molecule has 3 N–H and O–H groups in total. The van der Waals surface area contributed by atoms with Gasteiger partial charge in [-0.05, 0) is 37.0 Å². The zero-order valence-corrected chi connectivity index (χ0v) is 12.1. The van der Waals surface area contributed by atoms with Crippen LogP contribution in [0, 0.1) is 13.8 Å². The molecule has 0 amide bonds. The van der Waals surface area contributed by atoms with E-state index in [-0.39, 0.29) is 6.04 Å². The molecule has 4 nitrogen and oxygen atoms in total.